The van der Waals surface area contributed by atoms with Gasteiger partial charge in [0.25, 0.3) is 5.56 Å². The van der Waals surface area contributed by atoms with Crippen molar-refractivity contribution in [2.45, 2.75) is 57.6 Å². The van der Waals surface area contributed by atoms with E-state index in [0.717, 1.165) is 43.4 Å². The highest BCUT2D eigenvalue weighted by Crippen LogP contribution is 2.28. The van der Waals surface area contributed by atoms with Gasteiger partial charge in [-0.3, -0.25) is 9.36 Å². The number of piperidine rings is 1. The van der Waals surface area contributed by atoms with Crippen LogP contribution in [0.15, 0.2) is 47.4 Å². The summed E-state index contributed by atoms with van der Waals surface area (Å²) in [5.74, 6) is 1.57. The van der Waals surface area contributed by atoms with Gasteiger partial charge in [0.2, 0.25) is 0 Å². The summed E-state index contributed by atoms with van der Waals surface area (Å²) < 4.78 is 7.93. The summed E-state index contributed by atoms with van der Waals surface area (Å²) in [7, 11) is 0. The van der Waals surface area contributed by atoms with Crippen molar-refractivity contribution in [2.75, 3.05) is 13.1 Å². The summed E-state index contributed by atoms with van der Waals surface area (Å²) in [4.78, 5) is 24.5. The smallest absolute Gasteiger partial charge is 0.267 e. The van der Waals surface area contributed by atoms with Crippen LogP contribution < -0.4 is 10.3 Å². The van der Waals surface area contributed by atoms with Crippen LogP contribution in [0.3, 0.4) is 0 Å². The molecule has 2 fully saturated rings. The van der Waals surface area contributed by atoms with Gasteiger partial charge in [0.15, 0.2) is 5.65 Å². The minimum atomic E-state index is -0.0815. The van der Waals surface area contributed by atoms with Crippen LogP contribution in [0.1, 0.15) is 44.9 Å². The topological polar surface area (TPSA) is 60.3 Å². The average molecular weight is 405 g/mol. The summed E-state index contributed by atoms with van der Waals surface area (Å²) in [5.41, 5.74) is 1.23. The lowest BCUT2D eigenvalue weighted by Crippen LogP contribution is -2.46. The second-order valence-electron chi connectivity index (χ2n) is 8.33. The van der Waals surface area contributed by atoms with Crippen molar-refractivity contribution in [1.82, 2.24) is 19.4 Å². The number of aromatic nitrogens is 3. The molecule has 0 atom stereocenters. The molecule has 0 unspecified atom stereocenters. The van der Waals surface area contributed by atoms with Gasteiger partial charge in [0.05, 0.1) is 11.1 Å². The molecule has 0 radical (unpaired) electrons. The minimum absolute atomic E-state index is 0.0815. The molecular formula is C24H28N4O2. The van der Waals surface area contributed by atoms with Crippen LogP contribution >= 0.6 is 0 Å². The number of fused-ring (bicyclic) bond motifs is 1. The molecule has 156 valence electrons. The lowest BCUT2D eigenvalue weighted by atomic mass is 9.90. The van der Waals surface area contributed by atoms with Crippen molar-refractivity contribution in [3.8, 4) is 11.4 Å². The van der Waals surface area contributed by atoms with Crippen LogP contribution in [0.5, 0.6) is 5.75 Å². The van der Waals surface area contributed by atoms with Crippen molar-refractivity contribution >= 4 is 11.0 Å². The third-order valence-electron chi connectivity index (χ3n) is 6.49. The van der Waals surface area contributed by atoms with Gasteiger partial charge in [-0.05, 0) is 62.1 Å². The molecule has 0 amide bonds. The molecule has 0 N–H and O–H groups in total. The van der Waals surface area contributed by atoms with Crippen LogP contribution in [0.4, 0.5) is 0 Å². The summed E-state index contributed by atoms with van der Waals surface area (Å²) in [6.07, 6.45) is 8.88. The van der Waals surface area contributed by atoms with Gasteiger partial charge in [-0.1, -0.05) is 13.3 Å². The summed E-state index contributed by atoms with van der Waals surface area (Å²) in [5, 5.41) is 0.535. The maximum Gasteiger partial charge on any atom is 0.267 e. The maximum absolute atomic E-state index is 13.1. The van der Waals surface area contributed by atoms with Gasteiger partial charge >= 0.3 is 0 Å². The van der Waals surface area contributed by atoms with Gasteiger partial charge in [0.1, 0.15) is 17.7 Å². The van der Waals surface area contributed by atoms with E-state index in [9.17, 15) is 4.79 Å². The Morgan fingerprint density at radius 3 is 2.50 bits per heavy atom. The van der Waals surface area contributed by atoms with E-state index in [-0.39, 0.29) is 11.7 Å². The first-order valence-corrected chi connectivity index (χ1v) is 11.1. The zero-order valence-electron chi connectivity index (χ0n) is 17.5. The van der Waals surface area contributed by atoms with Gasteiger partial charge in [0, 0.05) is 31.7 Å². The lowest BCUT2D eigenvalue weighted by molar-refractivity contribution is 0.0493. The number of rotatable bonds is 5. The number of ether oxygens (including phenoxy) is 1. The van der Waals surface area contributed by atoms with Crippen molar-refractivity contribution < 1.29 is 4.74 Å². The monoisotopic (exact) mass is 404 g/mol. The number of pyridine rings is 1. The van der Waals surface area contributed by atoms with Gasteiger partial charge in [-0.15, -0.1) is 0 Å². The number of hydrogen-bond acceptors (Lipinski definition) is 5. The quantitative estimate of drug-likeness (QED) is 0.648. The molecule has 30 heavy (non-hydrogen) atoms. The fourth-order valence-electron chi connectivity index (χ4n) is 4.54. The Bertz CT molecular complexity index is 1080. The molecular weight excluding hydrogens is 376 g/mol. The Labute approximate surface area is 176 Å². The highest BCUT2D eigenvalue weighted by molar-refractivity contribution is 5.73. The van der Waals surface area contributed by atoms with E-state index in [0.29, 0.717) is 23.3 Å². The number of likely N-dealkylation sites (tertiary alicyclic amines) is 1. The van der Waals surface area contributed by atoms with Crippen LogP contribution in [-0.2, 0) is 6.42 Å². The molecule has 6 heteroatoms. The molecule has 3 heterocycles. The van der Waals surface area contributed by atoms with E-state index in [1.165, 1.54) is 19.3 Å². The summed E-state index contributed by atoms with van der Waals surface area (Å²) >= 11 is 0. The molecule has 0 bridgehead atoms. The SMILES string of the molecule is CCc1nc2ncccc2c(=O)n1-c1ccc(OC2CCN(C3CCC3)CC2)cc1. The molecule has 2 aliphatic rings. The van der Waals surface area contributed by atoms with Crippen molar-refractivity contribution in [1.29, 1.82) is 0 Å². The third kappa shape index (κ3) is 3.60. The first-order valence-electron chi connectivity index (χ1n) is 11.1. The molecule has 1 saturated carbocycles. The zero-order chi connectivity index (χ0) is 20.5. The highest BCUT2D eigenvalue weighted by atomic mass is 16.5. The Morgan fingerprint density at radius 2 is 1.83 bits per heavy atom. The predicted octanol–water partition coefficient (Wildman–Crippen LogP) is 3.74. The van der Waals surface area contributed by atoms with E-state index in [2.05, 4.69) is 14.9 Å². The lowest BCUT2D eigenvalue weighted by Gasteiger charge is -2.41. The number of benzene rings is 1. The molecule has 6 nitrogen and oxygen atoms in total. The Kier molecular flexibility index (Phi) is 5.25. The van der Waals surface area contributed by atoms with E-state index in [1.54, 1.807) is 22.9 Å². The van der Waals surface area contributed by atoms with Gasteiger partial charge in [-0.25, -0.2) is 9.97 Å². The molecule has 3 aromatic rings. The largest absolute Gasteiger partial charge is 0.490 e. The normalized spacial score (nSPS) is 18.4. The van der Waals surface area contributed by atoms with Gasteiger partial charge in [-0.2, -0.15) is 0 Å². The van der Waals surface area contributed by atoms with E-state index < -0.39 is 0 Å². The average Bonchev–Trinajstić information content (AvgIpc) is 2.74. The number of hydrogen-bond donors (Lipinski definition) is 0. The van der Waals surface area contributed by atoms with Crippen LogP contribution in [0, 0.1) is 0 Å². The van der Waals surface area contributed by atoms with Crippen LogP contribution in [0.2, 0.25) is 0 Å². The summed E-state index contributed by atoms with van der Waals surface area (Å²) in [6, 6.07) is 12.2. The fourth-order valence-corrected chi connectivity index (χ4v) is 4.54. The third-order valence-corrected chi connectivity index (χ3v) is 6.49. The molecule has 5 rings (SSSR count). The standard InChI is InChI=1S/C24H28N4O2/c1-2-22-26-23-21(7-4-14-25-23)24(29)28(22)18-8-10-19(11-9-18)30-20-12-15-27(16-13-20)17-5-3-6-17/h4,7-11,14,17,20H,2-3,5-6,12-13,15-16H2,1H3. The molecule has 1 aliphatic heterocycles. The first-order chi connectivity index (χ1) is 14.7. The number of nitrogens with zero attached hydrogens (tertiary/aromatic N) is 4. The molecule has 0 spiro atoms. The van der Waals surface area contributed by atoms with Gasteiger partial charge < -0.3 is 9.64 Å². The second-order valence-corrected chi connectivity index (χ2v) is 8.33. The fraction of sp³-hybridized carbons (Fsp3) is 0.458. The van der Waals surface area contributed by atoms with Crippen molar-refractivity contribution in [3.05, 3.63) is 58.8 Å². The second kappa shape index (κ2) is 8.19. The maximum atomic E-state index is 13.1. The molecule has 2 aromatic heterocycles. The zero-order valence-corrected chi connectivity index (χ0v) is 17.5. The molecule has 1 saturated heterocycles. The predicted molar refractivity (Wildman–Crippen MR) is 117 cm³/mol. The van der Waals surface area contributed by atoms with E-state index in [1.807, 2.05) is 31.2 Å². The van der Waals surface area contributed by atoms with Crippen LogP contribution in [-0.4, -0.2) is 44.7 Å². The number of aryl methyl sites for hydroxylation is 1. The van der Waals surface area contributed by atoms with Crippen molar-refractivity contribution in [3.63, 3.8) is 0 Å². The Hall–Kier alpha value is -2.73. The molecule has 1 aromatic carbocycles. The van der Waals surface area contributed by atoms with Crippen molar-refractivity contribution in [2.24, 2.45) is 0 Å². The first kappa shape index (κ1) is 19.2. The van der Waals surface area contributed by atoms with E-state index >= 15 is 0 Å². The van der Waals surface area contributed by atoms with Crippen LogP contribution in [0.25, 0.3) is 16.7 Å². The Morgan fingerprint density at radius 1 is 1.07 bits per heavy atom. The molecule has 1 aliphatic carbocycles. The summed E-state index contributed by atoms with van der Waals surface area (Å²) in [6.45, 7) is 4.28. The van der Waals surface area contributed by atoms with E-state index in [4.69, 9.17) is 4.74 Å². The Balaban J connectivity index is 1.33. The minimum Gasteiger partial charge on any atom is -0.490 e. The highest BCUT2D eigenvalue weighted by Gasteiger charge is 2.29.